The summed E-state index contributed by atoms with van der Waals surface area (Å²) in [5, 5.41) is 3.03. The van der Waals surface area contributed by atoms with E-state index in [0.717, 1.165) is 0 Å². The van der Waals surface area contributed by atoms with E-state index in [0.29, 0.717) is 18.9 Å². The van der Waals surface area contributed by atoms with Crippen molar-refractivity contribution in [1.82, 2.24) is 5.32 Å². The fourth-order valence-corrected chi connectivity index (χ4v) is 2.05. The molecule has 12 heavy (non-hydrogen) atoms. The van der Waals surface area contributed by atoms with Crippen molar-refractivity contribution in [2.45, 2.75) is 38.7 Å². The standard InChI is InChI=1S/C7H11F2N.C2H6/c1-10-4-2-5-6(3-4)7(5,8)9;1-2/h4-6,10H,2-3H2,1H3;1-2H3. The maximum atomic E-state index is 12.5. The van der Waals surface area contributed by atoms with E-state index < -0.39 is 5.92 Å². The Bertz CT molecular complexity index is 145. The van der Waals surface area contributed by atoms with Gasteiger partial charge in [0.1, 0.15) is 0 Å². The molecule has 0 aromatic heterocycles. The lowest BCUT2D eigenvalue weighted by Gasteiger charge is -2.11. The second-order valence-corrected chi connectivity index (χ2v) is 3.34. The van der Waals surface area contributed by atoms with Crippen LogP contribution in [0.15, 0.2) is 0 Å². The highest BCUT2D eigenvalue weighted by atomic mass is 19.3. The lowest BCUT2D eigenvalue weighted by atomic mass is 10.1. The fourth-order valence-electron chi connectivity index (χ4n) is 2.05. The van der Waals surface area contributed by atoms with E-state index in [4.69, 9.17) is 0 Å². The third kappa shape index (κ3) is 1.35. The largest absolute Gasteiger partial charge is 0.317 e. The number of rotatable bonds is 1. The first-order chi connectivity index (χ1) is 5.66. The van der Waals surface area contributed by atoms with Crippen LogP contribution < -0.4 is 5.32 Å². The van der Waals surface area contributed by atoms with Gasteiger partial charge in [0.05, 0.1) is 0 Å². The molecule has 0 amide bonds. The van der Waals surface area contributed by atoms with Crippen LogP contribution in [-0.2, 0) is 0 Å². The number of hydrogen-bond donors (Lipinski definition) is 1. The summed E-state index contributed by atoms with van der Waals surface area (Å²) in [6.07, 6.45) is 1.35. The third-order valence-corrected chi connectivity index (χ3v) is 2.85. The Balaban J connectivity index is 0.000000336. The molecule has 0 aromatic carbocycles. The Labute approximate surface area is 72.5 Å². The van der Waals surface area contributed by atoms with Gasteiger partial charge in [0.25, 0.3) is 5.92 Å². The lowest BCUT2D eigenvalue weighted by molar-refractivity contribution is 0.0680. The van der Waals surface area contributed by atoms with Crippen molar-refractivity contribution in [1.29, 1.82) is 0 Å². The van der Waals surface area contributed by atoms with E-state index in [1.807, 2.05) is 20.9 Å². The van der Waals surface area contributed by atoms with Crippen molar-refractivity contribution in [3.63, 3.8) is 0 Å². The molecule has 2 unspecified atom stereocenters. The van der Waals surface area contributed by atoms with Crippen molar-refractivity contribution >= 4 is 0 Å². The quantitative estimate of drug-likeness (QED) is 0.648. The van der Waals surface area contributed by atoms with Crippen molar-refractivity contribution in [2.75, 3.05) is 7.05 Å². The maximum Gasteiger partial charge on any atom is 0.254 e. The Hall–Kier alpha value is -0.180. The van der Waals surface area contributed by atoms with Crippen molar-refractivity contribution in [3.05, 3.63) is 0 Å². The first kappa shape index (κ1) is 9.90. The van der Waals surface area contributed by atoms with Crippen molar-refractivity contribution < 1.29 is 8.78 Å². The van der Waals surface area contributed by atoms with Crippen LogP contribution in [0.25, 0.3) is 0 Å². The monoisotopic (exact) mass is 177 g/mol. The third-order valence-electron chi connectivity index (χ3n) is 2.85. The van der Waals surface area contributed by atoms with Gasteiger partial charge in [0.15, 0.2) is 0 Å². The molecular weight excluding hydrogens is 160 g/mol. The number of halogens is 2. The van der Waals surface area contributed by atoms with Crippen LogP contribution in [0.2, 0.25) is 0 Å². The molecule has 1 N–H and O–H groups in total. The van der Waals surface area contributed by atoms with Crippen molar-refractivity contribution in [3.8, 4) is 0 Å². The second kappa shape index (κ2) is 3.29. The summed E-state index contributed by atoms with van der Waals surface area (Å²) in [6.45, 7) is 4.00. The highest BCUT2D eigenvalue weighted by molar-refractivity contribution is 5.12. The molecule has 3 heteroatoms. The Morgan fingerprint density at radius 1 is 1.17 bits per heavy atom. The smallest absolute Gasteiger partial charge is 0.254 e. The van der Waals surface area contributed by atoms with E-state index in [-0.39, 0.29) is 11.8 Å². The molecule has 2 fully saturated rings. The normalized spacial score (nSPS) is 41.2. The molecule has 0 saturated heterocycles. The summed E-state index contributed by atoms with van der Waals surface area (Å²) in [5.41, 5.74) is 0. The zero-order chi connectivity index (χ0) is 9.35. The number of fused-ring (bicyclic) bond motifs is 1. The minimum absolute atomic E-state index is 0.287. The zero-order valence-corrected chi connectivity index (χ0v) is 7.90. The van der Waals surface area contributed by atoms with Gasteiger partial charge in [-0.15, -0.1) is 0 Å². The Kier molecular flexibility index (Phi) is 2.71. The van der Waals surface area contributed by atoms with E-state index >= 15 is 0 Å². The highest BCUT2D eigenvalue weighted by Crippen LogP contribution is 2.63. The fraction of sp³-hybridized carbons (Fsp3) is 1.00. The SMILES string of the molecule is CC.CNC1CC2C(C1)C2(F)F. The van der Waals surface area contributed by atoms with Crippen LogP contribution in [-0.4, -0.2) is 19.0 Å². The van der Waals surface area contributed by atoms with Crippen LogP contribution >= 0.6 is 0 Å². The molecule has 72 valence electrons. The van der Waals surface area contributed by atoms with Gasteiger partial charge >= 0.3 is 0 Å². The average molecular weight is 177 g/mol. The minimum Gasteiger partial charge on any atom is -0.317 e. The summed E-state index contributed by atoms with van der Waals surface area (Å²) in [5.74, 6) is -2.87. The molecule has 0 heterocycles. The summed E-state index contributed by atoms with van der Waals surface area (Å²) >= 11 is 0. The predicted octanol–water partition coefficient (Wildman–Crippen LogP) is 2.28. The Morgan fingerprint density at radius 3 is 1.92 bits per heavy atom. The van der Waals surface area contributed by atoms with Crippen LogP contribution in [0.1, 0.15) is 26.7 Å². The molecule has 2 aliphatic carbocycles. The number of hydrogen-bond acceptors (Lipinski definition) is 1. The van der Waals surface area contributed by atoms with Crippen LogP contribution in [0, 0.1) is 11.8 Å². The highest BCUT2D eigenvalue weighted by Gasteiger charge is 2.71. The first-order valence-electron chi connectivity index (χ1n) is 4.71. The van der Waals surface area contributed by atoms with Crippen molar-refractivity contribution in [2.24, 2.45) is 11.8 Å². The molecule has 2 saturated carbocycles. The van der Waals surface area contributed by atoms with E-state index in [9.17, 15) is 8.78 Å². The average Bonchev–Trinajstić information content (AvgIpc) is 2.54. The second-order valence-electron chi connectivity index (χ2n) is 3.34. The molecule has 0 spiro atoms. The van der Waals surface area contributed by atoms with Gasteiger partial charge in [-0.1, -0.05) is 13.8 Å². The van der Waals surface area contributed by atoms with Gasteiger partial charge < -0.3 is 5.32 Å². The van der Waals surface area contributed by atoms with Gasteiger partial charge in [0, 0.05) is 17.9 Å². The Morgan fingerprint density at radius 2 is 1.58 bits per heavy atom. The molecule has 0 bridgehead atoms. The maximum absolute atomic E-state index is 12.5. The predicted molar refractivity (Wildman–Crippen MR) is 45.4 cm³/mol. The van der Waals surface area contributed by atoms with Gasteiger partial charge in [0.2, 0.25) is 0 Å². The minimum atomic E-state index is -2.30. The zero-order valence-electron chi connectivity index (χ0n) is 7.90. The van der Waals surface area contributed by atoms with Gasteiger partial charge in [-0.2, -0.15) is 0 Å². The molecule has 0 aromatic rings. The number of nitrogens with one attached hydrogen (secondary N) is 1. The van der Waals surface area contributed by atoms with Crippen LogP contribution in [0.3, 0.4) is 0 Å². The van der Waals surface area contributed by atoms with Crippen LogP contribution in [0.4, 0.5) is 8.78 Å². The summed E-state index contributed by atoms with van der Waals surface area (Å²) in [4.78, 5) is 0. The molecule has 2 rings (SSSR count). The summed E-state index contributed by atoms with van der Waals surface area (Å²) in [6, 6.07) is 0.356. The van der Waals surface area contributed by atoms with E-state index in [1.165, 1.54) is 0 Å². The summed E-state index contributed by atoms with van der Waals surface area (Å²) in [7, 11) is 1.84. The molecule has 2 atom stereocenters. The van der Waals surface area contributed by atoms with Crippen LogP contribution in [0.5, 0.6) is 0 Å². The van der Waals surface area contributed by atoms with Gasteiger partial charge in [-0.3, -0.25) is 0 Å². The number of alkyl halides is 2. The van der Waals surface area contributed by atoms with E-state index in [2.05, 4.69) is 5.32 Å². The van der Waals surface area contributed by atoms with Gasteiger partial charge in [-0.05, 0) is 19.9 Å². The molecule has 1 nitrogen and oxygen atoms in total. The summed E-state index contributed by atoms with van der Waals surface area (Å²) < 4.78 is 25.0. The molecule has 0 aliphatic heterocycles. The topological polar surface area (TPSA) is 12.0 Å². The van der Waals surface area contributed by atoms with Gasteiger partial charge in [-0.25, -0.2) is 8.78 Å². The lowest BCUT2D eigenvalue weighted by Crippen LogP contribution is -2.25. The molecular formula is C9H17F2N. The van der Waals surface area contributed by atoms with E-state index in [1.54, 1.807) is 0 Å². The first-order valence-corrected chi connectivity index (χ1v) is 4.71. The molecule has 0 radical (unpaired) electrons. The molecule has 2 aliphatic rings.